The number of hydrogen-bond donors (Lipinski definition) is 2. The Labute approximate surface area is 126 Å². The summed E-state index contributed by atoms with van der Waals surface area (Å²) in [5.74, 6) is 1.72. The van der Waals surface area contributed by atoms with E-state index in [0.717, 1.165) is 31.9 Å². The second-order valence-electron chi connectivity index (χ2n) is 6.15. The second-order valence-corrected chi connectivity index (χ2v) is 6.15. The molecule has 2 aromatic heterocycles. The zero-order chi connectivity index (χ0) is 14.7. The fourth-order valence-electron chi connectivity index (χ4n) is 3.18. The lowest BCUT2D eigenvalue weighted by Gasteiger charge is -2.14. The molecule has 0 bridgehead atoms. The van der Waals surface area contributed by atoms with Gasteiger partial charge in [0.2, 0.25) is 0 Å². The van der Waals surface area contributed by atoms with Crippen LogP contribution in [0.3, 0.4) is 0 Å². The van der Waals surface area contributed by atoms with Crippen molar-refractivity contribution in [1.29, 1.82) is 0 Å². The van der Waals surface area contributed by atoms with Gasteiger partial charge >= 0.3 is 0 Å². The van der Waals surface area contributed by atoms with Crippen LogP contribution in [0.5, 0.6) is 0 Å². The first kappa shape index (κ1) is 14.3. The smallest absolute Gasteiger partial charge is 0.106 e. The van der Waals surface area contributed by atoms with Gasteiger partial charge in [0.25, 0.3) is 0 Å². The Morgan fingerprint density at radius 3 is 3.05 bits per heavy atom. The number of nitrogens with zero attached hydrogens (tertiary/aromatic N) is 3. The summed E-state index contributed by atoms with van der Waals surface area (Å²) < 4.78 is 0. The molecule has 1 aliphatic heterocycles. The molecule has 2 aromatic rings. The second kappa shape index (κ2) is 6.43. The van der Waals surface area contributed by atoms with Gasteiger partial charge in [-0.15, -0.1) is 0 Å². The fraction of sp³-hybridized carbons (Fsp3) is 0.625. The van der Waals surface area contributed by atoms with E-state index in [9.17, 15) is 0 Å². The van der Waals surface area contributed by atoms with Crippen LogP contribution in [0.2, 0.25) is 0 Å². The van der Waals surface area contributed by atoms with Crippen molar-refractivity contribution in [2.24, 2.45) is 0 Å². The van der Waals surface area contributed by atoms with Gasteiger partial charge in [-0.2, -0.15) is 5.10 Å². The molecule has 5 heteroatoms. The largest absolute Gasteiger partial charge is 0.345 e. The van der Waals surface area contributed by atoms with E-state index in [-0.39, 0.29) is 0 Å². The minimum absolute atomic E-state index is 0.593. The van der Waals surface area contributed by atoms with Gasteiger partial charge in [-0.25, -0.2) is 4.98 Å². The summed E-state index contributed by atoms with van der Waals surface area (Å²) >= 11 is 0. The standard InChI is InChI=1S/C16H25N5/c1-3-4-5-15-17-9-14(19-15)11-21-7-6-13(10-21)16-12(2)8-18-20-16/h8-9,13H,3-7,10-11H2,1-2H3,(H,17,19)(H,18,20)/t13-/m0/s1. The van der Waals surface area contributed by atoms with Crippen LogP contribution in [-0.2, 0) is 13.0 Å². The van der Waals surface area contributed by atoms with E-state index in [0.29, 0.717) is 5.92 Å². The number of H-pyrrole nitrogens is 2. The minimum atomic E-state index is 0.593. The minimum Gasteiger partial charge on any atom is -0.345 e. The van der Waals surface area contributed by atoms with Gasteiger partial charge in [-0.05, 0) is 31.9 Å². The number of aromatic nitrogens is 4. The van der Waals surface area contributed by atoms with E-state index in [1.807, 2.05) is 12.4 Å². The van der Waals surface area contributed by atoms with E-state index in [4.69, 9.17) is 0 Å². The van der Waals surface area contributed by atoms with Crippen molar-refractivity contribution in [2.45, 2.75) is 52.0 Å². The number of likely N-dealkylation sites (tertiary alicyclic amines) is 1. The molecule has 0 radical (unpaired) electrons. The molecule has 21 heavy (non-hydrogen) atoms. The quantitative estimate of drug-likeness (QED) is 0.859. The predicted octanol–water partition coefficient (Wildman–Crippen LogP) is 2.77. The highest BCUT2D eigenvalue weighted by Crippen LogP contribution is 2.28. The first-order chi connectivity index (χ1) is 10.3. The predicted molar refractivity (Wildman–Crippen MR) is 83.2 cm³/mol. The summed E-state index contributed by atoms with van der Waals surface area (Å²) in [6.07, 6.45) is 8.62. The summed E-state index contributed by atoms with van der Waals surface area (Å²) in [5.41, 5.74) is 3.83. The van der Waals surface area contributed by atoms with Crippen LogP contribution < -0.4 is 0 Å². The van der Waals surface area contributed by atoms with Crippen LogP contribution in [-0.4, -0.2) is 38.2 Å². The zero-order valence-electron chi connectivity index (χ0n) is 13.0. The molecule has 2 N–H and O–H groups in total. The van der Waals surface area contributed by atoms with Crippen molar-refractivity contribution >= 4 is 0 Å². The third-order valence-electron chi connectivity index (χ3n) is 4.39. The summed E-state index contributed by atoms with van der Waals surface area (Å²) in [4.78, 5) is 10.4. The molecule has 1 atom stereocenters. The van der Waals surface area contributed by atoms with Crippen LogP contribution >= 0.6 is 0 Å². The lowest BCUT2D eigenvalue weighted by molar-refractivity contribution is 0.322. The molecule has 5 nitrogen and oxygen atoms in total. The van der Waals surface area contributed by atoms with Gasteiger partial charge in [-0.3, -0.25) is 10.00 Å². The van der Waals surface area contributed by atoms with Crippen LogP contribution in [0.25, 0.3) is 0 Å². The van der Waals surface area contributed by atoms with Crippen LogP contribution in [0.1, 0.15) is 54.9 Å². The lowest BCUT2D eigenvalue weighted by Crippen LogP contribution is -2.20. The van der Waals surface area contributed by atoms with E-state index in [1.165, 1.54) is 36.2 Å². The van der Waals surface area contributed by atoms with Crippen LogP contribution in [0.15, 0.2) is 12.4 Å². The normalized spacial score (nSPS) is 19.4. The van der Waals surface area contributed by atoms with Crippen molar-refractivity contribution in [3.05, 3.63) is 35.2 Å². The van der Waals surface area contributed by atoms with Crippen molar-refractivity contribution in [2.75, 3.05) is 13.1 Å². The molecule has 0 unspecified atom stereocenters. The maximum atomic E-state index is 4.48. The van der Waals surface area contributed by atoms with Crippen LogP contribution in [0.4, 0.5) is 0 Å². The van der Waals surface area contributed by atoms with Gasteiger partial charge in [0.1, 0.15) is 5.82 Å². The highest BCUT2D eigenvalue weighted by Gasteiger charge is 2.26. The Morgan fingerprint density at radius 2 is 2.29 bits per heavy atom. The Bertz CT molecular complexity index is 571. The molecule has 0 aliphatic carbocycles. The van der Waals surface area contributed by atoms with Crippen molar-refractivity contribution in [3.63, 3.8) is 0 Å². The number of rotatable bonds is 6. The molecule has 0 aromatic carbocycles. The molecule has 0 spiro atoms. The molecular formula is C16H25N5. The van der Waals surface area contributed by atoms with E-state index in [2.05, 4.69) is 38.9 Å². The van der Waals surface area contributed by atoms with Crippen molar-refractivity contribution in [1.82, 2.24) is 25.1 Å². The summed E-state index contributed by atoms with van der Waals surface area (Å²) in [6, 6.07) is 0. The van der Waals surface area contributed by atoms with Gasteiger partial charge < -0.3 is 4.98 Å². The number of unbranched alkanes of at least 4 members (excludes halogenated alkanes) is 1. The number of hydrogen-bond acceptors (Lipinski definition) is 3. The molecule has 1 fully saturated rings. The number of nitrogens with one attached hydrogen (secondary N) is 2. The topological polar surface area (TPSA) is 60.6 Å². The molecule has 114 valence electrons. The first-order valence-electron chi connectivity index (χ1n) is 8.01. The summed E-state index contributed by atoms with van der Waals surface area (Å²) in [7, 11) is 0. The molecule has 3 rings (SSSR count). The molecular weight excluding hydrogens is 262 g/mol. The monoisotopic (exact) mass is 287 g/mol. The lowest BCUT2D eigenvalue weighted by atomic mass is 10.0. The Hall–Kier alpha value is -1.62. The summed E-state index contributed by atoms with van der Waals surface area (Å²) in [6.45, 7) is 7.57. The Balaban J connectivity index is 1.55. The zero-order valence-corrected chi connectivity index (χ0v) is 13.0. The molecule has 0 amide bonds. The number of aromatic amines is 2. The molecule has 1 saturated heterocycles. The third-order valence-corrected chi connectivity index (χ3v) is 4.39. The van der Waals surface area contributed by atoms with Gasteiger partial charge in [0.05, 0.1) is 6.20 Å². The number of aryl methyl sites for hydroxylation is 2. The van der Waals surface area contributed by atoms with Crippen LogP contribution in [0, 0.1) is 6.92 Å². The van der Waals surface area contributed by atoms with Gasteiger partial charge in [-0.1, -0.05) is 13.3 Å². The van der Waals surface area contributed by atoms with Gasteiger partial charge in [0.15, 0.2) is 0 Å². The SMILES string of the molecule is CCCCc1ncc(CN2CC[C@H](c3[nH]ncc3C)C2)[nH]1. The van der Waals surface area contributed by atoms with E-state index >= 15 is 0 Å². The maximum absolute atomic E-state index is 4.48. The highest BCUT2D eigenvalue weighted by atomic mass is 15.2. The highest BCUT2D eigenvalue weighted by molar-refractivity contribution is 5.20. The molecule has 3 heterocycles. The fourth-order valence-corrected chi connectivity index (χ4v) is 3.18. The molecule has 1 aliphatic rings. The van der Waals surface area contributed by atoms with Crippen molar-refractivity contribution in [3.8, 4) is 0 Å². The maximum Gasteiger partial charge on any atom is 0.106 e. The van der Waals surface area contributed by atoms with Crippen molar-refractivity contribution < 1.29 is 0 Å². The number of imidazole rings is 1. The van der Waals surface area contributed by atoms with E-state index < -0.39 is 0 Å². The average molecular weight is 287 g/mol. The third kappa shape index (κ3) is 3.35. The average Bonchev–Trinajstić information content (AvgIpc) is 3.18. The first-order valence-corrected chi connectivity index (χ1v) is 8.01. The summed E-state index contributed by atoms with van der Waals surface area (Å²) in [5, 5.41) is 7.31. The Kier molecular flexibility index (Phi) is 4.39. The Morgan fingerprint density at radius 1 is 1.38 bits per heavy atom. The molecule has 0 saturated carbocycles. The van der Waals surface area contributed by atoms with E-state index in [1.54, 1.807) is 0 Å². The van der Waals surface area contributed by atoms with Gasteiger partial charge in [0, 0.05) is 43.0 Å².